The lowest BCUT2D eigenvalue weighted by Crippen LogP contribution is -1.98. The fourth-order valence-corrected chi connectivity index (χ4v) is 1.63. The molecule has 94 valence electrons. The van der Waals surface area contributed by atoms with Crippen LogP contribution >= 0.6 is 11.6 Å². The van der Waals surface area contributed by atoms with Crippen LogP contribution in [0.2, 0.25) is 5.02 Å². The van der Waals surface area contributed by atoms with Crippen molar-refractivity contribution in [1.29, 1.82) is 0 Å². The number of hydrogen-bond acceptors (Lipinski definition) is 3. The Kier molecular flexibility index (Phi) is 3.79. The molecule has 1 atom stereocenters. The second-order valence-electron chi connectivity index (χ2n) is 3.75. The molecule has 0 spiro atoms. The minimum atomic E-state index is -0.704. The first-order valence-corrected chi connectivity index (χ1v) is 5.71. The molecular formula is C13H11ClFNO2. The number of rotatable bonds is 3. The summed E-state index contributed by atoms with van der Waals surface area (Å²) in [6, 6.07) is 7.42. The van der Waals surface area contributed by atoms with Crippen LogP contribution in [0.3, 0.4) is 0 Å². The van der Waals surface area contributed by atoms with Gasteiger partial charge in [-0.1, -0.05) is 11.6 Å². The highest BCUT2D eigenvalue weighted by molar-refractivity contribution is 6.30. The highest BCUT2D eigenvalue weighted by Gasteiger charge is 2.11. The monoisotopic (exact) mass is 267 g/mol. The average molecular weight is 268 g/mol. The Labute approximate surface area is 109 Å². The topological polar surface area (TPSA) is 42.4 Å². The van der Waals surface area contributed by atoms with Gasteiger partial charge >= 0.3 is 0 Å². The van der Waals surface area contributed by atoms with Crippen LogP contribution in [-0.4, -0.2) is 10.1 Å². The quantitative estimate of drug-likeness (QED) is 0.922. The lowest BCUT2D eigenvalue weighted by atomic mass is 10.2. The zero-order valence-electron chi connectivity index (χ0n) is 9.60. The van der Waals surface area contributed by atoms with Crippen LogP contribution in [0.4, 0.5) is 4.39 Å². The minimum Gasteiger partial charge on any atom is -0.439 e. The Balaban J connectivity index is 2.31. The zero-order chi connectivity index (χ0) is 13.1. The van der Waals surface area contributed by atoms with Crippen LogP contribution < -0.4 is 4.74 Å². The van der Waals surface area contributed by atoms with Crippen molar-refractivity contribution in [2.45, 2.75) is 13.0 Å². The first-order valence-electron chi connectivity index (χ1n) is 5.34. The molecule has 0 radical (unpaired) electrons. The molecule has 1 aromatic carbocycles. The number of pyridine rings is 1. The summed E-state index contributed by atoms with van der Waals surface area (Å²) in [5.41, 5.74) is 0.554. The Hall–Kier alpha value is -1.65. The molecule has 5 heteroatoms. The maximum absolute atomic E-state index is 13.0. The molecule has 0 aliphatic carbocycles. The molecule has 2 aromatic rings. The van der Waals surface area contributed by atoms with Gasteiger partial charge < -0.3 is 9.84 Å². The maximum Gasteiger partial charge on any atom is 0.225 e. The molecule has 0 amide bonds. The van der Waals surface area contributed by atoms with E-state index < -0.39 is 11.9 Å². The summed E-state index contributed by atoms with van der Waals surface area (Å²) in [7, 11) is 0. The van der Waals surface area contributed by atoms with Crippen LogP contribution in [0.15, 0.2) is 36.5 Å². The number of nitrogens with zero attached hydrogens (tertiary/aromatic N) is 1. The molecule has 2 rings (SSSR count). The van der Waals surface area contributed by atoms with Gasteiger partial charge in [-0.2, -0.15) is 0 Å². The molecule has 0 bridgehead atoms. The van der Waals surface area contributed by atoms with Gasteiger partial charge in [0.05, 0.1) is 11.1 Å². The van der Waals surface area contributed by atoms with Crippen molar-refractivity contribution >= 4 is 11.6 Å². The van der Waals surface area contributed by atoms with Gasteiger partial charge in [0.15, 0.2) is 0 Å². The van der Waals surface area contributed by atoms with Gasteiger partial charge in [0.25, 0.3) is 0 Å². The van der Waals surface area contributed by atoms with Gasteiger partial charge in [-0.15, -0.1) is 0 Å². The number of halogens is 2. The van der Waals surface area contributed by atoms with Gasteiger partial charge in [-0.05, 0) is 31.2 Å². The Morgan fingerprint density at radius 2 is 2.17 bits per heavy atom. The van der Waals surface area contributed by atoms with E-state index in [4.69, 9.17) is 16.3 Å². The summed E-state index contributed by atoms with van der Waals surface area (Å²) in [5, 5.41) is 9.55. The molecular weight excluding hydrogens is 257 g/mol. The normalized spacial score (nSPS) is 12.2. The lowest BCUT2D eigenvalue weighted by Gasteiger charge is -2.11. The molecule has 1 aromatic heterocycles. The summed E-state index contributed by atoms with van der Waals surface area (Å²) < 4.78 is 18.5. The third kappa shape index (κ3) is 2.78. The van der Waals surface area contributed by atoms with Crippen LogP contribution in [0, 0.1) is 5.82 Å². The maximum atomic E-state index is 13.0. The number of ether oxygens (including phenoxy) is 1. The Bertz CT molecular complexity index is 560. The second kappa shape index (κ2) is 5.33. The van der Waals surface area contributed by atoms with Crippen LogP contribution in [0.1, 0.15) is 18.6 Å². The third-order valence-corrected chi connectivity index (χ3v) is 2.65. The highest BCUT2D eigenvalue weighted by Crippen LogP contribution is 2.29. The average Bonchev–Trinajstić information content (AvgIpc) is 2.34. The summed E-state index contributed by atoms with van der Waals surface area (Å²) >= 11 is 5.66. The zero-order valence-corrected chi connectivity index (χ0v) is 10.4. The largest absolute Gasteiger partial charge is 0.439 e. The van der Waals surface area contributed by atoms with E-state index in [0.29, 0.717) is 11.3 Å². The third-order valence-electron chi connectivity index (χ3n) is 2.36. The predicted molar refractivity (Wildman–Crippen MR) is 66.4 cm³/mol. The molecule has 1 heterocycles. The first kappa shape index (κ1) is 12.8. The number of aliphatic hydroxyl groups excluding tert-OH is 1. The van der Waals surface area contributed by atoms with Crippen molar-refractivity contribution in [2.24, 2.45) is 0 Å². The van der Waals surface area contributed by atoms with E-state index >= 15 is 0 Å². The second-order valence-corrected chi connectivity index (χ2v) is 4.16. The molecule has 1 N–H and O–H groups in total. The predicted octanol–water partition coefficient (Wildman–Crippen LogP) is 3.72. The molecule has 0 aliphatic heterocycles. The molecule has 3 nitrogen and oxygen atoms in total. The molecule has 0 saturated carbocycles. The number of benzene rings is 1. The summed E-state index contributed by atoms with van der Waals surface area (Å²) in [6.07, 6.45) is 0.844. The van der Waals surface area contributed by atoms with E-state index in [-0.39, 0.29) is 10.9 Å². The van der Waals surface area contributed by atoms with Crippen molar-refractivity contribution in [1.82, 2.24) is 4.98 Å². The molecule has 0 saturated heterocycles. The standard InChI is InChI=1S/C13H11ClFNO2/c1-8(17)10-3-2-6-16-13(10)18-9-4-5-12(15)11(14)7-9/h2-8,17H,1H3/t8-/m1/s1. The van der Waals surface area contributed by atoms with E-state index in [1.54, 1.807) is 25.3 Å². The Morgan fingerprint density at radius 1 is 1.39 bits per heavy atom. The smallest absolute Gasteiger partial charge is 0.225 e. The summed E-state index contributed by atoms with van der Waals surface area (Å²) in [5.74, 6) is 0.123. The van der Waals surface area contributed by atoms with Crippen LogP contribution in [0.5, 0.6) is 11.6 Å². The summed E-state index contributed by atoms with van der Waals surface area (Å²) in [4.78, 5) is 4.03. The molecule has 0 fully saturated rings. The molecule has 18 heavy (non-hydrogen) atoms. The fourth-order valence-electron chi connectivity index (χ4n) is 1.46. The number of aromatic nitrogens is 1. The number of aliphatic hydroxyl groups is 1. The van der Waals surface area contributed by atoms with E-state index in [2.05, 4.69) is 4.98 Å². The summed E-state index contributed by atoms with van der Waals surface area (Å²) in [6.45, 7) is 1.61. The van der Waals surface area contributed by atoms with Gasteiger partial charge in [0.2, 0.25) is 5.88 Å². The van der Waals surface area contributed by atoms with Crippen molar-refractivity contribution < 1.29 is 14.2 Å². The van der Waals surface area contributed by atoms with E-state index in [1.807, 2.05) is 0 Å². The minimum absolute atomic E-state index is 0.0259. The van der Waals surface area contributed by atoms with Gasteiger partial charge in [0.1, 0.15) is 11.6 Å². The van der Waals surface area contributed by atoms with Crippen LogP contribution in [-0.2, 0) is 0 Å². The van der Waals surface area contributed by atoms with E-state index in [1.165, 1.54) is 18.2 Å². The van der Waals surface area contributed by atoms with Crippen molar-refractivity contribution in [3.05, 3.63) is 52.9 Å². The Morgan fingerprint density at radius 3 is 2.83 bits per heavy atom. The molecule has 0 unspecified atom stereocenters. The van der Waals surface area contributed by atoms with Gasteiger partial charge in [-0.3, -0.25) is 0 Å². The highest BCUT2D eigenvalue weighted by atomic mass is 35.5. The molecule has 0 aliphatic rings. The first-order chi connectivity index (χ1) is 8.58. The van der Waals surface area contributed by atoms with E-state index in [0.717, 1.165) is 0 Å². The van der Waals surface area contributed by atoms with Gasteiger partial charge in [-0.25, -0.2) is 9.37 Å². The SMILES string of the molecule is C[C@@H](O)c1cccnc1Oc1ccc(F)c(Cl)c1. The lowest BCUT2D eigenvalue weighted by molar-refractivity contribution is 0.194. The van der Waals surface area contributed by atoms with Gasteiger partial charge in [0, 0.05) is 17.8 Å². The van der Waals surface area contributed by atoms with E-state index in [9.17, 15) is 9.50 Å². The van der Waals surface area contributed by atoms with Crippen molar-refractivity contribution in [3.8, 4) is 11.6 Å². The van der Waals surface area contributed by atoms with Crippen molar-refractivity contribution in [2.75, 3.05) is 0 Å². The van der Waals surface area contributed by atoms with Crippen LogP contribution in [0.25, 0.3) is 0 Å². The fraction of sp³-hybridized carbons (Fsp3) is 0.154. The van der Waals surface area contributed by atoms with Crippen molar-refractivity contribution in [3.63, 3.8) is 0 Å². The number of hydrogen-bond donors (Lipinski definition) is 1.